The topological polar surface area (TPSA) is 73.9 Å². The fourth-order valence-corrected chi connectivity index (χ4v) is 3.25. The number of aromatic nitrogens is 4. The van der Waals surface area contributed by atoms with Gasteiger partial charge in [-0.2, -0.15) is 0 Å². The summed E-state index contributed by atoms with van der Waals surface area (Å²) < 4.78 is 46.5. The van der Waals surface area contributed by atoms with E-state index in [4.69, 9.17) is 16.0 Å². The van der Waals surface area contributed by atoms with E-state index in [-0.39, 0.29) is 10.9 Å². The third kappa shape index (κ3) is 5.49. The van der Waals surface area contributed by atoms with Crippen LogP contribution in [-0.4, -0.2) is 26.5 Å². The van der Waals surface area contributed by atoms with Crippen molar-refractivity contribution in [1.82, 2.24) is 20.2 Å². The van der Waals surface area contributed by atoms with E-state index in [1.54, 1.807) is 6.20 Å². The zero-order valence-electron chi connectivity index (χ0n) is 16.1. The lowest BCUT2D eigenvalue weighted by Crippen LogP contribution is -2.17. The molecule has 0 spiro atoms. The SMILES string of the molecule is FC(F)(F)Oc1ccc(-c2nnc(CCCCc3ccc4cccnc4n3)o2)cc1Cl. The predicted octanol–water partition coefficient (Wildman–Crippen LogP) is 5.80. The lowest BCUT2D eigenvalue weighted by atomic mass is 10.1. The van der Waals surface area contributed by atoms with Crippen molar-refractivity contribution in [3.05, 3.63) is 65.3 Å². The van der Waals surface area contributed by atoms with Crippen LogP contribution >= 0.6 is 11.6 Å². The average Bonchev–Trinajstić information content (AvgIpc) is 3.21. The second kappa shape index (κ2) is 8.89. The maximum absolute atomic E-state index is 12.3. The Hall–Kier alpha value is -3.20. The van der Waals surface area contributed by atoms with Gasteiger partial charge in [0.1, 0.15) is 5.75 Å². The van der Waals surface area contributed by atoms with Crippen LogP contribution in [0.15, 0.2) is 53.1 Å². The molecule has 3 aromatic heterocycles. The third-order valence-electron chi connectivity index (χ3n) is 4.47. The van der Waals surface area contributed by atoms with Crippen molar-refractivity contribution >= 4 is 22.6 Å². The summed E-state index contributed by atoms with van der Waals surface area (Å²) >= 11 is 5.86. The standard InChI is InChI=1S/C21H16ClF3N4O2/c22-16-12-14(8-10-17(16)31-21(23,24)25)20-29-28-18(30-20)6-2-1-5-15-9-7-13-4-3-11-26-19(13)27-15/h3-4,7-12H,1-2,5-6H2. The van der Waals surface area contributed by atoms with E-state index in [9.17, 15) is 13.2 Å². The van der Waals surface area contributed by atoms with E-state index < -0.39 is 12.1 Å². The molecule has 0 N–H and O–H groups in total. The number of fused-ring (bicyclic) bond motifs is 1. The molecular weight excluding hydrogens is 433 g/mol. The van der Waals surface area contributed by atoms with Crippen molar-refractivity contribution in [1.29, 1.82) is 0 Å². The molecule has 0 saturated carbocycles. The first-order valence-electron chi connectivity index (χ1n) is 9.46. The molecule has 0 aliphatic rings. The largest absolute Gasteiger partial charge is 0.573 e. The molecule has 0 unspecified atom stereocenters. The zero-order valence-corrected chi connectivity index (χ0v) is 16.8. The summed E-state index contributed by atoms with van der Waals surface area (Å²) in [7, 11) is 0. The number of unbranched alkanes of at least 4 members (excludes halogenated alkanes) is 1. The van der Waals surface area contributed by atoms with Gasteiger partial charge in [-0.15, -0.1) is 23.4 Å². The molecule has 6 nitrogen and oxygen atoms in total. The van der Waals surface area contributed by atoms with E-state index in [2.05, 4.69) is 24.9 Å². The molecular formula is C21H16ClF3N4O2. The molecule has 0 aliphatic heterocycles. The monoisotopic (exact) mass is 448 g/mol. The minimum absolute atomic E-state index is 0.178. The van der Waals surface area contributed by atoms with Crippen LogP contribution in [0.2, 0.25) is 5.02 Å². The Morgan fingerprint density at radius 3 is 2.65 bits per heavy atom. The van der Waals surface area contributed by atoms with Crippen molar-refractivity contribution < 1.29 is 22.3 Å². The Labute approximate surface area is 180 Å². The summed E-state index contributed by atoms with van der Waals surface area (Å²) in [6.07, 6.45) is -0.0509. The summed E-state index contributed by atoms with van der Waals surface area (Å²) in [5.74, 6) is 0.128. The third-order valence-corrected chi connectivity index (χ3v) is 4.76. The molecule has 31 heavy (non-hydrogen) atoms. The van der Waals surface area contributed by atoms with Crippen molar-refractivity contribution in [2.45, 2.75) is 32.0 Å². The predicted molar refractivity (Wildman–Crippen MR) is 108 cm³/mol. The Morgan fingerprint density at radius 2 is 1.84 bits per heavy atom. The maximum atomic E-state index is 12.3. The van der Waals surface area contributed by atoms with Gasteiger partial charge in [-0.25, -0.2) is 9.97 Å². The number of benzene rings is 1. The minimum atomic E-state index is -4.82. The molecule has 0 fully saturated rings. The first kappa shape index (κ1) is 21.0. The number of aryl methyl sites for hydroxylation is 2. The van der Waals surface area contributed by atoms with Crippen LogP contribution in [0.4, 0.5) is 13.2 Å². The first-order chi connectivity index (χ1) is 14.9. The van der Waals surface area contributed by atoms with Crippen LogP contribution in [0.3, 0.4) is 0 Å². The van der Waals surface area contributed by atoms with Crippen LogP contribution in [-0.2, 0) is 12.8 Å². The molecule has 0 bridgehead atoms. The molecule has 3 heterocycles. The molecule has 0 amide bonds. The number of hydrogen-bond donors (Lipinski definition) is 0. The fraction of sp³-hybridized carbons (Fsp3) is 0.238. The Morgan fingerprint density at radius 1 is 1.00 bits per heavy atom. The molecule has 10 heteroatoms. The maximum Gasteiger partial charge on any atom is 0.573 e. The van der Waals surface area contributed by atoms with Crippen molar-refractivity contribution in [3.8, 4) is 17.2 Å². The van der Waals surface area contributed by atoms with Gasteiger partial charge in [-0.05, 0) is 61.7 Å². The van der Waals surface area contributed by atoms with E-state index in [1.807, 2.05) is 24.3 Å². The lowest BCUT2D eigenvalue weighted by Gasteiger charge is -2.10. The fourth-order valence-electron chi connectivity index (χ4n) is 3.03. The highest BCUT2D eigenvalue weighted by Gasteiger charge is 2.32. The van der Waals surface area contributed by atoms with Gasteiger partial charge < -0.3 is 9.15 Å². The number of alkyl halides is 3. The van der Waals surface area contributed by atoms with Crippen LogP contribution in [0, 0.1) is 0 Å². The van der Waals surface area contributed by atoms with Gasteiger partial charge in [0.2, 0.25) is 11.8 Å². The number of rotatable bonds is 7. The summed E-state index contributed by atoms with van der Waals surface area (Å²) in [6.45, 7) is 0. The highest BCUT2D eigenvalue weighted by molar-refractivity contribution is 6.32. The van der Waals surface area contributed by atoms with Crippen molar-refractivity contribution in [2.75, 3.05) is 0 Å². The quantitative estimate of drug-likeness (QED) is 0.333. The minimum Gasteiger partial charge on any atom is -0.421 e. The van der Waals surface area contributed by atoms with Gasteiger partial charge in [-0.1, -0.05) is 11.6 Å². The van der Waals surface area contributed by atoms with E-state index in [0.29, 0.717) is 17.9 Å². The number of halogens is 4. The Balaban J connectivity index is 1.32. The molecule has 4 aromatic rings. The molecule has 0 aliphatic carbocycles. The Kier molecular flexibility index (Phi) is 6.03. The van der Waals surface area contributed by atoms with Gasteiger partial charge >= 0.3 is 6.36 Å². The molecule has 160 valence electrons. The van der Waals surface area contributed by atoms with Crippen molar-refractivity contribution in [2.24, 2.45) is 0 Å². The lowest BCUT2D eigenvalue weighted by molar-refractivity contribution is -0.274. The van der Waals surface area contributed by atoms with E-state index >= 15 is 0 Å². The normalized spacial score (nSPS) is 11.7. The van der Waals surface area contributed by atoms with Gasteiger partial charge in [0.05, 0.1) is 5.02 Å². The average molecular weight is 449 g/mol. The van der Waals surface area contributed by atoms with Crippen LogP contribution in [0.1, 0.15) is 24.4 Å². The van der Waals surface area contributed by atoms with Crippen LogP contribution < -0.4 is 4.74 Å². The summed E-state index contributed by atoms with van der Waals surface area (Å²) in [5, 5.41) is 8.74. The Bertz CT molecular complexity index is 1200. The molecule has 0 radical (unpaired) electrons. The summed E-state index contributed by atoms with van der Waals surface area (Å²) in [5.41, 5.74) is 2.10. The van der Waals surface area contributed by atoms with Gasteiger partial charge in [0.25, 0.3) is 0 Å². The summed E-state index contributed by atoms with van der Waals surface area (Å²) in [6, 6.07) is 11.6. The van der Waals surface area contributed by atoms with E-state index in [1.165, 1.54) is 12.1 Å². The smallest absolute Gasteiger partial charge is 0.421 e. The summed E-state index contributed by atoms with van der Waals surface area (Å²) in [4.78, 5) is 8.81. The first-order valence-corrected chi connectivity index (χ1v) is 9.84. The highest BCUT2D eigenvalue weighted by Crippen LogP contribution is 2.33. The van der Waals surface area contributed by atoms with Crippen molar-refractivity contribution in [3.63, 3.8) is 0 Å². The van der Waals surface area contributed by atoms with Crippen LogP contribution in [0.5, 0.6) is 5.75 Å². The van der Waals surface area contributed by atoms with Crippen LogP contribution in [0.25, 0.3) is 22.5 Å². The van der Waals surface area contributed by atoms with Gasteiger partial charge in [0, 0.05) is 29.3 Å². The molecule has 0 atom stereocenters. The zero-order chi connectivity index (χ0) is 21.8. The number of hydrogen-bond acceptors (Lipinski definition) is 6. The van der Waals surface area contributed by atoms with Gasteiger partial charge in [-0.3, -0.25) is 0 Å². The second-order valence-electron chi connectivity index (χ2n) is 6.75. The van der Waals surface area contributed by atoms with Gasteiger partial charge in [0.15, 0.2) is 5.65 Å². The number of nitrogens with zero attached hydrogens (tertiary/aromatic N) is 4. The van der Waals surface area contributed by atoms with E-state index in [0.717, 1.165) is 42.1 Å². The number of ether oxygens (including phenoxy) is 1. The molecule has 1 aromatic carbocycles. The molecule has 0 saturated heterocycles. The second-order valence-corrected chi connectivity index (χ2v) is 7.16. The number of pyridine rings is 2. The highest BCUT2D eigenvalue weighted by atomic mass is 35.5. The molecule has 4 rings (SSSR count).